The predicted molar refractivity (Wildman–Crippen MR) is 121 cm³/mol. The molecule has 2 N–H and O–H groups in total. The molecule has 0 fully saturated rings. The number of carbonyl (C=O) groups excluding carboxylic acids is 2. The molecule has 0 aliphatic heterocycles. The van der Waals surface area contributed by atoms with Gasteiger partial charge in [-0.05, 0) is 48.4 Å². The maximum Gasteiger partial charge on any atom is 0.268 e. The average molecular weight is 434 g/mol. The molecule has 1 aromatic heterocycles. The molecule has 166 valence electrons. The van der Waals surface area contributed by atoms with Gasteiger partial charge in [0.25, 0.3) is 11.8 Å². The highest BCUT2D eigenvalue weighted by Gasteiger charge is 2.15. The number of ether oxygens (including phenoxy) is 2. The summed E-state index contributed by atoms with van der Waals surface area (Å²) in [5.74, 6) is 0.850. The molecule has 0 bridgehead atoms. The molecule has 7 heteroatoms. The van der Waals surface area contributed by atoms with Gasteiger partial charge in [-0.1, -0.05) is 31.2 Å². The van der Waals surface area contributed by atoms with Gasteiger partial charge in [-0.25, -0.2) is 0 Å². The molecule has 1 heterocycles. The third kappa shape index (κ3) is 6.25. The second kappa shape index (κ2) is 11.4. The molecule has 0 saturated carbocycles. The van der Waals surface area contributed by atoms with Crippen molar-refractivity contribution in [2.24, 2.45) is 0 Å². The van der Waals surface area contributed by atoms with Gasteiger partial charge in [0.1, 0.15) is 11.5 Å². The Kier molecular flexibility index (Phi) is 8.09. The van der Waals surface area contributed by atoms with Crippen LogP contribution in [0.4, 0.5) is 0 Å². The van der Waals surface area contributed by atoms with Crippen LogP contribution in [-0.4, -0.2) is 25.5 Å². The number of rotatable bonds is 10. The number of amides is 2. The normalized spacial score (nSPS) is 11.0. The fourth-order valence-corrected chi connectivity index (χ4v) is 2.89. The first-order valence-electron chi connectivity index (χ1n) is 10.3. The smallest absolute Gasteiger partial charge is 0.268 e. The predicted octanol–water partition coefficient (Wildman–Crippen LogP) is 4.16. The van der Waals surface area contributed by atoms with Crippen LogP contribution in [0.1, 0.15) is 35.0 Å². The highest BCUT2D eigenvalue weighted by Crippen LogP contribution is 2.28. The third-order valence-corrected chi connectivity index (χ3v) is 4.50. The summed E-state index contributed by atoms with van der Waals surface area (Å²) < 4.78 is 16.4. The first kappa shape index (κ1) is 22.7. The summed E-state index contributed by atoms with van der Waals surface area (Å²) in [5.41, 5.74) is 1.34. The van der Waals surface area contributed by atoms with Crippen LogP contribution >= 0.6 is 0 Å². The Morgan fingerprint density at radius 3 is 2.53 bits per heavy atom. The molecule has 0 atom stereocenters. The van der Waals surface area contributed by atoms with Crippen LogP contribution < -0.4 is 20.1 Å². The van der Waals surface area contributed by atoms with Gasteiger partial charge < -0.3 is 24.5 Å². The van der Waals surface area contributed by atoms with E-state index in [1.165, 1.54) is 12.3 Å². The van der Waals surface area contributed by atoms with Crippen molar-refractivity contribution in [1.82, 2.24) is 10.6 Å². The number of carbonyl (C=O) groups is 2. The molecule has 32 heavy (non-hydrogen) atoms. The minimum atomic E-state index is -0.448. The van der Waals surface area contributed by atoms with Gasteiger partial charge in [-0.15, -0.1) is 0 Å². The molecular formula is C25H26N2O5. The van der Waals surface area contributed by atoms with E-state index in [2.05, 4.69) is 10.6 Å². The standard InChI is InChI=1S/C25H26N2O5/c1-3-13-32-22-12-11-18(15-23(22)30-2)17-26-25(29)21(16-20-10-7-14-31-20)27-24(28)19-8-5-4-6-9-19/h4-12,14-16H,3,13,17H2,1-2H3,(H,26,29)(H,27,28)/b21-16-. The molecule has 7 nitrogen and oxygen atoms in total. The molecule has 0 unspecified atom stereocenters. The highest BCUT2D eigenvalue weighted by molar-refractivity contribution is 6.05. The van der Waals surface area contributed by atoms with Gasteiger partial charge in [0.2, 0.25) is 0 Å². The van der Waals surface area contributed by atoms with Crippen LogP contribution in [0.5, 0.6) is 11.5 Å². The summed E-state index contributed by atoms with van der Waals surface area (Å²) in [7, 11) is 1.57. The number of benzene rings is 2. The Bertz CT molecular complexity index is 1060. The molecule has 2 aromatic carbocycles. The zero-order valence-electron chi connectivity index (χ0n) is 18.1. The van der Waals surface area contributed by atoms with Crippen LogP contribution in [0.3, 0.4) is 0 Å². The first-order chi connectivity index (χ1) is 15.6. The maximum atomic E-state index is 12.9. The first-order valence-corrected chi connectivity index (χ1v) is 10.3. The summed E-state index contributed by atoms with van der Waals surface area (Å²) in [6.07, 6.45) is 3.87. The van der Waals surface area contributed by atoms with Crippen molar-refractivity contribution in [3.8, 4) is 11.5 Å². The SMILES string of the molecule is CCCOc1ccc(CNC(=O)/C(=C/c2ccco2)NC(=O)c2ccccc2)cc1OC. The quantitative estimate of drug-likeness (QED) is 0.468. The van der Waals surface area contributed by atoms with Gasteiger partial charge in [0, 0.05) is 18.2 Å². The van der Waals surface area contributed by atoms with Gasteiger partial charge in [0.15, 0.2) is 11.5 Å². The number of hydrogen-bond donors (Lipinski definition) is 2. The summed E-state index contributed by atoms with van der Waals surface area (Å²) in [4.78, 5) is 25.5. The van der Waals surface area contributed by atoms with E-state index in [1.807, 2.05) is 31.2 Å². The monoisotopic (exact) mass is 434 g/mol. The zero-order chi connectivity index (χ0) is 22.8. The Balaban J connectivity index is 1.72. The lowest BCUT2D eigenvalue weighted by Gasteiger charge is -2.13. The minimum absolute atomic E-state index is 0.0728. The zero-order valence-corrected chi connectivity index (χ0v) is 18.1. The second-order valence-corrected chi connectivity index (χ2v) is 6.91. The topological polar surface area (TPSA) is 89.8 Å². The number of hydrogen-bond acceptors (Lipinski definition) is 5. The van der Waals surface area contributed by atoms with Crippen LogP contribution in [-0.2, 0) is 11.3 Å². The van der Waals surface area contributed by atoms with Crippen molar-refractivity contribution in [3.05, 3.63) is 89.5 Å². The molecular weight excluding hydrogens is 408 g/mol. The molecule has 0 spiro atoms. The molecule has 3 rings (SSSR count). The van der Waals surface area contributed by atoms with Crippen molar-refractivity contribution in [1.29, 1.82) is 0 Å². The fraction of sp³-hybridized carbons (Fsp3) is 0.200. The average Bonchev–Trinajstić information content (AvgIpc) is 3.34. The van der Waals surface area contributed by atoms with Crippen LogP contribution in [0.15, 0.2) is 77.0 Å². The molecule has 2 amide bonds. The van der Waals surface area contributed by atoms with Gasteiger partial charge in [0.05, 0.1) is 20.0 Å². The van der Waals surface area contributed by atoms with Crippen molar-refractivity contribution < 1.29 is 23.5 Å². The van der Waals surface area contributed by atoms with E-state index >= 15 is 0 Å². The highest BCUT2D eigenvalue weighted by atomic mass is 16.5. The Labute approximate surface area is 187 Å². The van der Waals surface area contributed by atoms with E-state index in [4.69, 9.17) is 13.9 Å². The van der Waals surface area contributed by atoms with E-state index in [-0.39, 0.29) is 12.2 Å². The van der Waals surface area contributed by atoms with E-state index in [0.29, 0.717) is 29.4 Å². The molecule has 0 aliphatic rings. The number of methoxy groups -OCH3 is 1. The third-order valence-electron chi connectivity index (χ3n) is 4.50. The van der Waals surface area contributed by atoms with Crippen molar-refractivity contribution in [3.63, 3.8) is 0 Å². The van der Waals surface area contributed by atoms with Crippen LogP contribution in [0.2, 0.25) is 0 Å². The van der Waals surface area contributed by atoms with Crippen molar-refractivity contribution in [2.45, 2.75) is 19.9 Å². The minimum Gasteiger partial charge on any atom is -0.493 e. The van der Waals surface area contributed by atoms with E-state index < -0.39 is 11.8 Å². The summed E-state index contributed by atoms with van der Waals surface area (Å²) in [6, 6.07) is 17.5. The molecule has 0 saturated heterocycles. The van der Waals surface area contributed by atoms with E-state index in [0.717, 1.165) is 12.0 Å². The van der Waals surface area contributed by atoms with Gasteiger partial charge >= 0.3 is 0 Å². The van der Waals surface area contributed by atoms with E-state index in [9.17, 15) is 9.59 Å². The lowest BCUT2D eigenvalue weighted by molar-refractivity contribution is -0.117. The Morgan fingerprint density at radius 2 is 1.84 bits per heavy atom. The van der Waals surface area contributed by atoms with Crippen molar-refractivity contribution >= 4 is 17.9 Å². The second-order valence-electron chi connectivity index (χ2n) is 6.91. The van der Waals surface area contributed by atoms with Crippen LogP contribution in [0.25, 0.3) is 6.08 Å². The summed E-state index contributed by atoms with van der Waals surface area (Å²) in [6.45, 7) is 2.86. The Morgan fingerprint density at radius 1 is 1.03 bits per heavy atom. The summed E-state index contributed by atoms with van der Waals surface area (Å²) >= 11 is 0. The van der Waals surface area contributed by atoms with E-state index in [1.54, 1.807) is 43.5 Å². The van der Waals surface area contributed by atoms with Gasteiger partial charge in [-0.3, -0.25) is 9.59 Å². The molecule has 0 radical (unpaired) electrons. The number of furan rings is 1. The lowest BCUT2D eigenvalue weighted by Crippen LogP contribution is -2.34. The maximum absolute atomic E-state index is 12.9. The van der Waals surface area contributed by atoms with Crippen LogP contribution in [0, 0.1) is 0 Å². The fourth-order valence-electron chi connectivity index (χ4n) is 2.89. The molecule has 0 aliphatic carbocycles. The van der Waals surface area contributed by atoms with Gasteiger partial charge in [-0.2, -0.15) is 0 Å². The molecule has 3 aromatic rings. The van der Waals surface area contributed by atoms with Crippen molar-refractivity contribution in [2.75, 3.05) is 13.7 Å². The number of nitrogens with one attached hydrogen (secondary N) is 2. The summed E-state index contributed by atoms with van der Waals surface area (Å²) in [5, 5.41) is 5.49. The lowest BCUT2D eigenvalue weighted by atomic mass is 10.2. The Hall–Kier alpha value is -4.00. The largest absolute Gasteiger partial charge is 0.493 e.